The molecular weight excluding hydrogens is 302 g/mol. The summed E-state index contributed by atoms with van der Waals surface area (Å²) in [6, 6.07) is 17.1. The average molecular weight is 319 g/mol. The van der Waals surface area contributed by atoms with E-state index in [0.717, 1.165) is 34.0 Å². The quantitative estimate of drug-likeness (QED) is 0.609. The Kier molecular flexibility index (Phi) is 4.81. The van der Waals surface area contributed by atoms with Crippen LogP contribution in [0.15, 0.2) is 77.2 Å². The Labute approximate surface area is 140 Å². The van der Waals surface area contributed by atoms with Gasteiger partial charge in [0.05, 0.1) is 31.2 Å². The molecule has 0 fully saturated rings. The molecule has 0 N–H and O–H groups in total. The lowest BCUT2D eigenvalue weighted by Crippen LogP contribution is -1.92. The predicted octanol–water partition coefficient (Wildman–Crippen LogP) is 5.18. The topological polar surface area (TPSA) is 56.1 Å². The normalized spacial score (nSPS) is 10.8. The monoisotopic (exact) mass is 319 g/mol. The van der Waals surface area contributed by atoms with Crippen LogP contribution < -0.4 is 9.47 Å². The maximum absolute atomic E-state index is 5.45. The Morgan fingerprint density at radius 3 is 1.79 bits per heavy atom. The molecule has 1 heterocycles. The van der Waals surface area contributed by atoms with Crippen molar-refractivity contribution in [3.8, 4) is 22.6 Å². The molecule has 0 aliphatic carbocycles. The summed E-state index contributed by atoms with van der Waals surface area (Å²) >= 11 is 0. The number of rotatable bonds is 5. The summed E-state index contributed by atoms with van der Waals surface area (Å²) in [6.45, 7) is 0. The molecule has 0 amide bonds. The smallest absolute Gasteiger partial charge is 0.130 e. The van der Waals surface area contributed by atoms with Crippen LogP contribution in [0.1, 0.15) is 0 Å². The van der Waals surface area contributed by atoms with E-state index >= 15 is 0 Å². The molecule has 3 aromatic rings. The van der Waals surface area contributed by atoms with E-state index in [0.29, 0.717) is 0 Å². The Balaban J connectivity index is 1.89. The maximum atomic E-state index is 5.45. The molecule has 2 aromatic carbocycles. The number of ether oxygens (including phenoxy) is 2. The standard InChI is InChI=1S/C19H17N3O2/c1-23-17-4-3-5-18(24-2)19(17)14-6-8-15(9-7-14)21-22-16-10-12-20-13-11-16/h3-13H,1-2H3. The van der Waals surface area contributed by atoms with E-state index in [1.807, 2.05) is 42.5 Å². The van der Waals surface area contributed by atoms with Crippen molar-refractivity contribution in [2.24, 2.45) is 10.2 Å². The van der Waals surface area contributed by atoms with Crippen molar-refractivity contribution in [2.45, 2.75) is 0 Å². The molecule has 5 nitrogen and oxygen atoms in total. The van der Waals surface area contributed by atoms with E-state index in [4.69, 9.17) is 9.47 Å². The fourth-order valence-corrected chi connectivity index (χ4v) is 2.36. The van der Waals surface area contributed by atoms with Crippen molar-refractivity contribution >= 4 is 11.4 Å². The lowest BCUT2D eigenvalue weighted by Gasteiger charge is -2.13. The first kappa shape index (κ1) is 15.7. The van der Waals surface area contributed by atoms with E-state index in [9.17, 15) is 0 Å². The van der Waals surface area contributed by atoms with Gasteiger partial charge in [-0.3, -0.25) is 4.98 Å². The van der Waals surface area contributed by atoms with Gasteiger partial charge in [0.15, 0.2) is 0 Å². The van der Waals surface area contributed by atoms with Crippen LogP contribution >= 0.6 is 0 Å². The first-order chi connectivity index (χ1) is 11.8. The molecule has 0 aliphatic rings. The van der Waals surface area contributed by atoms with Gasteiger partial charge in [-0.2, -0.15) is 10.2 Å². The Bertz CT molecular complexity index is 809. The Morgan fingerprint density at radius 1 is 0.708 bits per heavy atom. The highest BCUT2D eigenvalue weighted by molar-refractivity contribution is 5.77. The molecule has 0 spiro atoms. The van der Waals surface area contributed by atoms with Gasteiger partial charge in [0.2, 0.25) is 0 Å². The van der Waals surface area contributed by atoms with Crippen LogP contribution in [-0.4, -0.2) is 19.2 Å². The molecule has 0 saturated carbocycles. The maximum Gasteiger partial charge on any atom is 0.130 e. The van der Waals surface area contributed by atoms with Crippen molar-refractivity contribution in [3.63, 3.8) is 0 Å². The van der Waals surface area contributed by atoms with E-state index < -0.39 is 0 Å². The van der Waals surface area contributed by atoms with E-state index in [1.165, 1.54) is 0 Å². The number of pyridine rings is 1. The number of hydrogen-bond donors (Lipinski definition) is 0. The van der Waals surface area contributed by atoms with Gasteiger partial charge < -0.3 is 9.47 Å². The first-order valence-electron chi connectivity index (χ1n) is 7.45. The molecule has 0 atom stereocenters. The van der Waals surface area contributed by atoms with Gasteiger partial charge in [0.25, 0.3) is 0 Å². The third kappa shape index (κ3) is 3.41. The van der Waals surface area contributed by atoms with Crippen LogP contribution in [0.2, 0.25) is 0 Å². The number of nitrogens with zero attached hydrogens (tertiary/aromatic N) is 3. The number of azo groups is 1. The minimum Gasteiger partial charge on any atom is -0.496 e. The third-order valence-electron chi connectivity index (χ3n) is 3.53. The number of methoxy groups -OCH3 is 2. The summed E-state index contributed by atoms with van der Waals surface area (Å²) in [6.07, 6.45) is 3.37. The van der Waals surface area contributed by atoms with Crippen LogP contribution in [0, 0.1) is 0 Å². The fraction of sp³-hybridized carbons (Fsp3) is 0.105. The van der Waals surface area contributed by atoms with Gasteiger partial charge in [0, 0.05) is 12.4 Å². The molecule has 0 aliphatic heterocycles. The van der Waals surface area contributed by atoms with Gasteiger partial charge in [-0.25, -0.2) is 0 Å². The molecule has 5 heteroatoms. The molecule has 0 radical (unpaired) electrons. The molecular formula is C19H17N3O2. The number of hydrogen-bond acceptors (Lipinski definition) is 5. The molecule has 1 aromatic heterocycles. The van der Waals surface area contributed by atoms with Crippen LogP contribution in [0.25, 0.3) is 11.1 Å². The Morgan fingerprint density at radius 2 is 1.25 bits per heavy atom. The van der Waals surface area contributed by atoms with Gasteiger partial charge in [-0.05, 0) is 42.0 Å². The van der Waals surface area contributed by atoms with Gasteiger partial charge in [-0.15, -0.1) is 0 Å². The summed E-state index contributed by atoms with van der Waals surface area (Å²) in [5, 5.41) is 8.41. The second kappa shape index (κ2) is 7.37. The van der Waals surface area contributed by atoms with Crippen molar-refractivity contribution in [1.29, 1.82) is 0 Å². The van der Waals surface area contributed by atoms with Crippen molar-refractivity contribution in [2.75, 3.05) is 14.2 Å². The molecule has 120 valence electrons. The summed E-state index contributed by atoms with van der Waals surface area (Å²) < 4.78 is 10.9. The Hall–Kier alpha value is -3.21. The van der Waals surface area contributed by atoms with E-state index in [-0.39, 0.29) is 0 Å². The average Bonchev–Trinajstić information content (AvgIpc) is 2.67. The lowest BCUT2D eigenvalue weighted by molar-refractivity contribution is 0.397. The second-order valence-electron chi connectivity index (χ2n) is 4.99. The zero-order valence-electron chi connectivity index (χ0n) is 13.5. The van der Waals surface area contributed by atoms with Crippen molar-refractivity contribution in [3.05, 3.63) is 67.0 Å². The zero-order chi connectivity index (χ0) is 16.8. The molecule has 0 unspecified atom stereocenters. The predicted molar refractivity (Wildman–Crippen MR) is 93.4 cm³/mol. The molecule has 24 heavy (non-hydrogen) atoms. The zero-order valence-corrected chi connectivity index (χ0v) is 13.5. The summed E-state index contributed by atoms with van der Waals surface area (Å²) in [4.78, 5) is 3.95. The second-order valence-corrected chi connectivity index (χ2v) is 4.99. The summed E-state index contributed by atoms with van der Waals surface area (Å²) in [5.41, 5.74) is 3.44. The van der Waals surface area contributed by atoms with Crippen molar-refractivity contribution in [1.82, 2.24) is 4.98 Å². The first-order valence-corrected chi connectivity index (χ1v) is 7.45. The minimum absolute atomic E-state index is 0.764. The van der Waals surface area contributed by atoms with Gasteiger partial charge >= 0.3 is 0 Å². The van der Waals surface area contributed by atoms with E-state index in [2.05, 4.69) is 15.2 Å². The highest BCUT2D eigenvalue weighted by atomic mass is 16.5. The van der Waals surface area contributed by atoms with Crippen LogP contribution in [0.5, 0.6) is 11.5 Å². The summed E-state index contributed by atoms with van der Waals surface area (Å²) in [7, 11) is 3.30. The number of aromatic nitrogens is 1. The molecule has 0 bridgehead atoms. The van der Waals surface area contributed by atoms with Crippen LogP contribution in [-0.2, 0) is 0 Å². The summed E-state index contributed by atoms with van der Waals surface area (Å²) in [5.74, 6) is 1.53. The minimum atomic E-state index is 0.764. The molecule has 3 rings (SSSR count). The fourth-order valence-electron chi connectivity index (χ4n) is 2.36. The SMILES string of the molecule is COc1cccc(OC)c1-c1ccc(N=Nc2ccncc2)cc1. The van der Waals surface area contributed by atoms with Crippen LogP contribution in [0.4, 0.5) is 11.4 Å². The number of benzene rings is 2. The van der Waals surface area contributed by atoms with Gasteiger partial charge in [-0.1, -0.05) is 18.2 Å². The highest BCUT2D eigenvalue weighted by Crippen LogP contribution is 2.38. The van der Waals surface area contributed by atoms with Crippen molar-refractivity contribution < 1.29 is 9.47 Å². The van der Waals surface area contributed by atoms with E-state index in [1.54, 1.807) is 38.7 Å². The lowest BCUT2D eigenvalue weighted by atomic mass is 10.0. The van der Waals surface area contributed by atoms with Crippen LogP contribution in [0.3, 0.4) is 0 Å². The molecule has 0 saturated heterocycles. The third-order valence-corrected chi connectivity index (χ3v) is 3.53. The highest BCUT2D eigenvalue weighted by Gasteiger charge is 2.11. The van der Waals surface area contributed by atoms with Gasteiger partial charge in [0.1, 0.15) is 11.5 Å². The largest absolute Gasteiger partial charge is 0.496 e.